The second-order valence-corrected chi connectivity index (χ2v) is 8.41. The van der Waals surface area contributed by atoms with E-state index in [2.05, 4.69) is 10.6 Å². The lowest BCUT2D eigenvalue weighted by atomic mass is 10.1. The highest BCUT2D eigenvalue weighted by Gasteiger charge is 2.27. The van der Waals surface area contributed by atoms with Gasteiger partial charge in [0.25, 0.3) is 5.91 Å². The maximum Gasteiger partial charge on any atom is 0.252 e. The number of piperidine rings is 1. The van der Waals surface area contributed by atoms with Gasteiger partial charge in [-0.25, -0.2) is 8.42 Å². The van der Waals surface area contributed by atoms with Crippen molar-refractivity contribution in [1.29, 1.82) is 0 Å². The van der Waals surface area contributed by atoms with Crippen molar-refractivity contribution in [2.45, 2.75) is 44.4 Å². The number of aryl methyl sites for hydroxylation is 1. The molecule has 0 bridgehead atoms. The predicted molar refractivity (Wildman–Crippen MR) is 99.4 cm³/mol. The Bertz CT molecular complexity index is 756. The molecule has 1 aromatic rings. The summed E-state index contributed by atoms with van der Waals surface area (Å²) in [5.74, 6) is -0.722. The Balaban J connectivity index is 2.13. The molecule has 0 saturated carbocycles. The van der Waals surface area contributed by atoms with E-state index in [0.29, 0.717) is 25.2 Å². The van der Waals surface area contributed by atoms with E-state index in [1.807, 2.05) is 6.92 Å². The molecule has 1 saturated heterocycles. The van der Waals surface area contributed by atoms with Crippen molar-refractivity contribution in [3.63, 3.8) is 0 Å². The molecule has 0 aliphatic carbocycles. The molecule has 26 heavy (non-hydrogen) atoms. The highest BCUT2D eigenvalue weighted by Crippen LogP contribution is 2.22. The van der Waals surface area contributed by atoms with Crippen LogP contribution in [0.4, 0.5) is 0 Å². The van der Waals surface area contributed by atoms with Crippen LogP contribution in [-0.2, 0) is 14.8 Å². The average molecular weight is 381 g/mol. The molecule has 0 spiro atoms. The highest BCUT2D eigenvalue weighted by atomic mass is 32.2. The Morgan fingerprint density at radius 3 is 2.46 bits per heavy atom. The van der Waals surface area contributed by atoms with Gasteiger partial charge < -0.3 is 10.6 Å². The predicted octanol–water partition coefficient (Wildman–Crippen LogP) is 1.43. The van der Waals surface area contributed by atoms with Gasteiger partial charge in [0.15, 0.2) is 0 Å². The number of carbonyl (C=O) groups is 2. The molecule has 1 aromatic carbocycles. The first-order valence-corrected chi connectivity index (χ1v) is 10.5. The number of carbonyl (C=O) groups excluding carboxylic acids is 2. The van der Waals surface area contributed by atoms with Gasteiger partial charge in [-0.05, 0) is 43.9 Å². The molecule has 2 N–H and O–H groups in total. The molecule has 1 fully saturated rings. The molecular weight excluding hydrogens is 354 g/mol. The Morgan fingerprint density at radius 1 is 1.12 bits per heavy atom. The summed E-state index contributed by atoms with van der Waals surface area (Å²) >= 11 is 0. The molecule has 0 atom stereocenters. The molecule has 0 unspecified atom stereocenters. The fourth-order valence-corrected chi connectivity index (χ4v) is 4.39. The standard InChI is InChI=1S/C18H27N3O4S/c1-3-9-19-17(22)13-20-18(23)16-12-15(8-7-14(16)2)26(24,25)21-10-5-4-6-11-21/h7-8,12H,3-6,9-11,13H2,1-2H3,(H,19,22)(H,20,23). The highest BCUT2D eigenvalue weighted by molar-refractivity contribution is 7.89. The molecule has 1 heterocycles. The molecular formula is C18H27N3O4S. The van der Waals surface area contributed by atoms with Crippen molar-refractivity contribution >= 4 is 21.8 Å². The summed E-state index contributed by atoms with van der Waals surface area (Å²) in [6.45, 7) is 5.11. The molecule has 1 aliphatic rings. The van der Waals surface area contributed by atoms with Crippen molar-refractivity contribution in [3.05, 3.63) is 29.3 Å². The van der Waals surface area contributed by atoms with E-state index in [9.17, 15) is 18.0 Å². The van der Waals surface area contributed by atoms with Gasteiger partial charge in [-0.15, -0.1) is 0 Å². The van der Waals surface area contributed by atoms with Crippen LogP contribution in [0, 0.1) is 6.92 Å². The van der Waals surface area contributed by atoms with Crippen LogP contribution >= 0.6 is 0 Å². The third kappa shape index (κ3) is 5.04. The van der Waals surface area contributed by atoms with Crippen LogP contribution < -0.4 is 10.6 Å². The van der Waals surface area contributed by atoms with E-state index in [1.165, 1.54) is 16.4 Å². The minimum atomic E-state index is -3.60. The van der Waals surface area contributed by atoms with Gasteiger partial charge in [-0.2, -0.15) is 4.31 Å². The number of rotatable bonds is 7. The summed E-state index contributed by atoms with van der Waals surface area (Å²) in [7, 11) is -3.60. The van der Waals surface area contributed by atoms with Gasteiger partial charge in [-0.1, -0.05) is 19.4 Å². The van der Waals surface area contributed by atoms with Gasteiger partial charge in [0.1, 0.15) is 0 Å². The van der Waals surface area contributed by atoms with Crippen LogP contribution in [0.1, 0.15) is 48.5 Å². The fraction of sp³-hybridized carbons (Fsp3) is 0.556. The summed E-state index contributed by atoms with van der Waals surface area (Å²) in [5.41, 5.74) is 0.931. The molecule has 144 valence electrons. The number of sulfonamides is 1. The number of amides is 2. The second kappa shape index (κ2) is 9.14. The summed E-state index contributed by atoms with van der Waals surface area (Å²) in [5, 5.41) is 5.22. The molecule has 2 rings (SSSR count). The maximum absolute atomic E-state index is 12.8. The zero-order valence-corrected chi connectivity index (χ0v) is 16.2. The fourth-order valence-electron chi connectivity index (χ4n) is 2.84. The summed E-state index contributed by atoms with van der Waals surface area (Å²) in [6.07, 6.45) is 3.56. The van der Waals surface area contributed by atoms with Gasteiger partial charge in [0.05, 0.1) is 11.4 Å². The van der Waals surface area contributed by atoms with E-state index >= 15 is 0 Å². The lowest BCUT2D eigenvalue weighted by Gasteiger charge is -2.26. The Kier molecular flexibility index (Phi) is 7.16. The van der Waals surface area contributed by atoms with E-state index in [4.69, 9.17) is 0 Å². The zero-order valence-electron chi connectivity index (χ0n) is 15.4. The largest absolute Gasteiger partial charge is 0.355 e. The summed E-state index contributed by atoms with van der Waals surface area (Å²) < 4.78 is 27.0. The van der Waals surface area contributed by atoms with Crippen molar-refractivity contribution in [2.24, 2.45) is 0 Å². The minimum Gasteiger partial charge on any atom is -0.355 e. The molecule has 2 amide bonds. The Labute approximate surface area is 155 Å². The van der Waals surface area contributed by atoms with Crippen LogP contribution in [0.3, 0.4) is 0 Å². The first kappa shape index (κ1) is 20.4. The average Bonchev–Trinajstić information content (AvgIpc) is 2.65. The number of nitrogens with one attached hydrogen (secondary N) is 2. The zero-order chi connectivity index (χ0) is 19.2. The molecule has 7 nitrogen and oxygen atoms in total. The van der Waals surface area contributed by atoms with Crippen molar-refractivity contribution in [2.75, 3.05) is 26.2 Å². The van der Waals surface area contributed by atoms with Gasteiger partial charge in [-0.3, -0.25) is 9.59 Å². The first-order chi connectivity index (χ1) is 12.4. The van der Waals surface area contributed by atoms with Gasteiger partial charge >= 0.3 is 0 Å². The third-order valence-electron chi connectivity index (χ3n) is 4.39. The van der Waals surface area contributed by atoms with Crippen molar-refractivity contribution in [3.8, 4) is 0 Å². The van der Waals surface area contributed by atoms with E-state index in [-0.39, 0.29) is 22.9 Å². The van der Waals surface area contributed by atoms with E-state index in [0.717, 1.165) is 25.7 Å². The van der Waals surface area contributed by atoms with Gasteiger partial charge in [0.2, 0.25) is 15.9 Å². The SMILES string of the molecule is CCCNC(=O)CNC(=O)c1cc(S(=O)(=O)N2CCCCC2)ccc1C. The van der Waals surface area contributed by atoms with Crippen LogP contribution in [0.2, 0.25) is 0 Å². The summed E-state index contributed by atoms with van der Waals surface area (Å²) in [4.78, 5) is 24.1. The monoisotopic (exact) mass is 381 g/mol. The lowest BCUT2D eigenvalue weighted by molar-refractivity contribution is -0.120. The van der Waals surface area contributed by atoms with E-state index < -0.39 is 15.9 Å². The normalized spacial score (nSPS) is 15.5. The van der Waals surface area contributed by atoms with Crippen LogP contribution in [0.5, 0.6) is 0 Å². The third-order valence-corrected chi connectivity index (χ3v) is 6.28. The van der Waals surface area contributed by atoms with Crippen LogP contribution in [0.25, 0.3) is 0 Å². The number of benzene rings is 1. The van der Waals surface area contributed by atoms with Crippen LogP contribution in [-0.4, -0.2) is 50.7 Å². The molecule has 0 radical (unpaired) electrons. The van der Waals surface area contributed by atoms with Crippen LogP contribution in [0.15, 0.2) is 23.1 Å². The number of hydrogen-bond acceptors (Lipinski definition) is 4. The molecule has 1 aliphatic heterocycles. The smallest absolute Gasteiger partial charge is 0.252 e. The van der Waals surface area contributed by atoms with Gasteiger partial charge in [0, 0.05) is 25.2 Å². The van der Waals surface area contributed by atoms with E-state index in [1.54, 1.807) is 13.0 Å². The molecule has 8 heteroatoms. The van der Waals surface area contributed by atoms with Crippen molar-refractivity contribution < 1.29 is 18.0 Å². The summed E-state index contributed by atoms with van der Waals surface area (Å²) in [6, 6.07) is 4.56. The Morgan fingerprint density at radius 2 is 1.81 bits per heavy atom. The quantitative estimate of drug-likeness (QED) is 0.747. The molecule has 0 aromatic heterocycles. The second-order valence-electron chi connectivity index (χ2n) is 6.47. The Hall–Kier alpha value is -1.93. The lowest BCUT2D eigenvalue weighted by Crippen LogP contribution is -2.38. The van der Waals surface area contributed by atoms with Crippen molar-refractivity contribution in [1.82, 2.24) is 14.9 Å². The number of nitrogens with zero attached hydrogens (tertiary/aromatic N) is 1. The number of hydrogen-bond donors (Lipinski definition) is 2. The maximum atomic E-state index is 12.8. The topological polar surface area (TPSA) is 95.6 Å². The minimum absolute atomic E-state index is 0.116. The first-order valence-electron chi connectivity index (χ1n) is 9.02.